The molecule has 0 heterocycles. The van der Waals surface area contributed by atoms with Crippen LogP contribution in [0.1, 0.15) is 15.9 Å². The molecule has 0 saturated heterocycles. The summed E-state index contributed by atoms with van der Waals surface area (Å²) >= 11 is 0. The molecule has 0 aliphatic heterocycles. The Morgan fingerprint density at radius 3 is 2.17 bits per heavy atom. The van der Waals surface area contributed by atoms with E-state index in [1.807, 2.05) is 0 Å². The van der Waals surface area contributed by atoms with Crippen LogP contribution in [0.3, 0.4) is 0 Å². The number of benzene rings is 2. The molecule has 0 spiro atoms. The van der Waals surface area contributed by atoms with Crippen LogP contribution in [-0.2, 0) is 0 Å². The van der Waals surface area contributed by atoms with Gasteiger partial charge in [0.1, 0.15) is 22.8 Å². The number of methoxy groups -OCH3 is 4. The summed E-state index contributed by atoms with van der Waals surface area (Å²) in [6, 6.07) is 7.82. The molecule has 23 heavy (non-hydrogen) atoms. The first-order valence-corrected chi connectivity index (χ1v) is 6.78. The molecule has 0 unspecified atom stereocenters. The zero-order chi connectivity index (χ0) is 17.0. The summed E-state index contributed by atoms with van der Waals surface area (Å²) in [5.74, 6) is 0.613. The molecule has 0 saturated carbocycles. The van der Waals surface area contributed by atoms with Crippen LogP contribution >= 0.6 is 0 Å². The van der Waals surface area contributed by atoms with Gasteiger partial charge in [0.05, 0.1) is 34.0 Å². The molecule has 0 atom stereocenters. The normalized spacial score (nSPS) is 10.1. The van der Waals surface area contributed by atoms with Crippen molar-refractivity contribution in [3.63, 3.8) is 0 Å². The molecule has 2 aromatic carbocycles. The molecule has 6 heteroatoms. The average Bonchev–Trinajstić information content (AvgIpc) is 2.59. The van der Waals surface area contributed by atoms with E-state index in [2.05, 4.69) is 0 Å². The topological polar surface area (TPSA) is 74.2 Å². The lowest BCUT2D eigenvalue weighted by atomic mass is 10.00. The minimum absolute atomic E-state index is 0.0276. The van der Waals surface area contributed by atoms with Gasteiger partial charge in [0.2, 0.25) is 5.78 Å². The number of hydrogen-bond donors (Lipinski definition) is 1. The molecule has 2 aromatic rings. The molecule has 0 radical (unpaired) electrons. The van der Waals surface area contributed by atoms with Crippen molar-refractivity contribution in [2.45, 2.75) is 0 Å². The third-order valence-electron chi connectivity index (χ3n) is 3.39. The van der Waals surface area contributed by atoms with E-state index in [-0.39, 0.29) is 28.4 Å². The van der Waals surface area contributed by atoms with Crippen LogP contribution in [0.4, 0.5) is 0 Å². The summed E-state index contributed by atoms with van der Waals surface area (Å²) in [4.78, 5) is 12.9. The lowest BCUT2D eigenvalue weighted by Crippen LogP contribution is -2.07. The second-order valence-electron chi connectivity index (χ2n) is 4.59. The number of rotatable bonds is 6. The maximum Gasteiger partial charge on any atom is 0.204 e. The fourth-order valence-electron chi connectivity index (χ4n) is 2.28. The fourth-order valence-corrected chi connectivity index (χ4v) is 2.28. The summed E-state index contributed by atoms with van der Waals surface area (Å²) in [6.45, 7) is 0. The Balaban J connectivity index is 2.62. The van der Waals surface area contributed by atoms with Crippen molar-refractivity contribution in [3.8, 4) is 28.7 Å². The Kier molecular flexibility index (Phi) is 4.95. The van der Waals surface area contributed by atoms with Gasteiger partial charge in [-0.2, -0.15) is 0 Å². The van der Waals surface area contributed by atoms with Gasteiger partial charge in [-0.15, -0.1) is 0 Å². The highest BCUT2D eigenvalue weighted by Crippen LogP contribution is 2.38. The largest absolute Gasteiger partial charge is 0.507 e. The maximum absolute atomic E-state index is 12.9. The molecular formula is C17H18O6. The van der Waals surface area contributed by atoms with Crippen LogP contribution < -0.4 is 18.9 Å². The molecule has 0 aliphatic rings. The molecular weight excluding hydrogens is 300 g/mol. The molecule has 6 nitrogen and oxygen atoms in total. The van der Waals surface area contributed by atoms with Crippen molar-refractivity contribution in [2.75, 3.05) is 28.4 Å². The van der Waals surface area contributed by atoms with Gasteiger partial charge in [-0.25, -0.2) is 0 Å². The van der Waals surface area contributed by atoms with Gasteiger partial charge in [-0.3, -0.25) is 4.79 Å². The summed E-state index contributed by atoms with van der Waals surface area (Å²) < 4.78 is 20.7. The predicted octanol–water partition coefficient (Wildman–Crippen LogP) is 2.66. The number of ether oxygens (including phenoxy) is 4. The second-order valence-corrected chi connectivity index (χ2v) is 4.59. The Hall–Kier alpha value is -2.89. The first kappa shape index (κ1) is 16.5. The number of carbonyl (C=O) groups excluding carboxylic acids is 1. The average molecular weight is 318 g/mol. The lowest BCUT2D eigenvalue weighted by Gasteiger charge is -2.15. The third kappa shape index (κ3) is 3.01. The van der Waals surface area contributed by atoms with Crippen LogP contribution in [0, 0.1) is 0 Å². The van der Waals surface area contributed by atoms with Crippen LogP contribution in [0.15, 0.2) is 30.3 Å². The SMILES string of the molecule is COc1cc(O)c(C(=O)c2cccc(OC)c2OC)c(OC)c1. The summed E-state index contributed by atoms with van der Waals surface area (Å²) in [6.07, 6.45) is 0. The summed E-state index contributed by atoms with van der Waals surface area (Å²) in [5, 5.41) is 10.2. The van der Waals surface area contributed by atoms with E-state index in [0.29, 0.717) is 11.5 Å². The van der Waals surface area contributed by atoms with Gasteiger partial charge in [0.25, 0.3) is 0 Å². The molecule has 0 aliphatic carbocycles. The van der Waals surface area contributed by atoms with Crippen molar-refractivity contribution >= 4 is 5.78 Å². The maximum atomic E-state index is 12.9. The van der Waals surface area contributed by atoms with Crippen molar-refractivity contribution in [1.29, 1.82) is 0 Å². The Labute approximate surface area is 134 Å². The number of hydrogen-bond acceptors (Lipinski definition) is 6. The van der Waals surface area contributed by atoms with Gasteiger partial charge in [-0.05, 0) is 12.1 Å². The van der Waals surface area contributed by atoms with Gasteiger partial charge in [-0.1, -0.05) is 6.07 Å². The third-order valence-corrected chi connectivity index (χ3v) is 3.39. The highest BCUT2D eigenvalue weighted by molar-refractivity contribution is 6.14. The smallest absolute Gasteiger partial charge is 0.204 e. The van der Waals surface area contributed by atoms with Crippen LogP contribution in [0.5, 0.6) is 28.7 Å². The lowest BCUT2D eigenvalue weighted by molar-refractivity contribution is 0.103. The van der Waals surface area contributed by atoms with E-state index in [4.69, 9.17) is 18.9 Å². The zero-order valence-electron chi connectivity index (χ0n) is 13.4. The summed E-state index contributed by atoms with van der Waals surface area (Å²) in [7, 11) is 5.80. The Bertz CT molecular complexity index is 723. The van der Waals surface area contributed by atoms with Crippen LogP contribution in [0.2, 0.25) is 0 Å². The number of phenolic OH excluding ortho intramolecular Hbond substituents is 1. The Morgan fingerprint density at radius 2 is 1.61 bits per heavy atom. The van der Waals surface area contributed by atoms with Gasteiger partial charge < -0.3 is 24.1 Å². The highest BCUT2D eigenvalue weighted by Gasteiger charge is 2.24. The molecule has 1 N–H and O–H groups in total. The molecule has 0 aromatic heterocycles. The first-order chi connectivity index (χ1) is 11.1. The van der Waals surface area contributed by atoms with Gasteiger partial charge in [0.15, 0.2) is 11.5 Å². The van der Waals surface area contributed by atoms with Gasteiger partial charge in [0, 0.05) is 12.1 Å². The fraction of sp³-hybridized carbons (Fsp3) is 0.235. The molecule has 122 valence electrons. The molecule has 0 fully saturated rings. The quantitative estimate of drug-likeness (QED) is 0.825. The number of para-hydroxylation sites is 1. The van der Waals surface area contributed by atoms with E-state index in [0.717, 1.165) is 0 Å². The number of aromatic hydroxyl groups is 1. The van der Waals surface area contributed by atoms with Crippen molar-refractivity contribution in [1.82, 2.24) is 0 Å². The van der Waals surface area contributed by atoms with Crippen molar-refractivity contribution < 1.29 is 28.8 Å². The first-order valence-electron chi connectivity index (χ1n) is 6.78. The molecule has 0 bridgehead atoms. The van der Waals surface area contributed by atoms with E-state index in [1.165, 1.54) is 40.6 Å². The highest BCUT2D eigenvalue weighted by atomic mass is 16.5. The van der Waals surface area contributed by atoms with Crippen molar-refractivity contribution in [3.05, 3.63) is 41.5 Å². The monoisotopic (exact) mass is 318 g/mol. The Morgan fingerprint density at radius 1 is 0.913 bits per heavy atom. The molecule has 0 amide bonds. The van der Waals surface area contributed by atoms with Crippen LogP contribution in [0.25, 0.3) is 0 Å². The minimum atomic E-state index is -0.447. The number of ketones is 1. The second kappa shape index (κ2) is 6.91. The van der Waals surface area contributed by atoms with Gasteiger partial charge >= 0.3 is 0 Å². The standard InChI is InChI=1S/C17H18O6/c1-20-10-8-12(18)15(14(9-10)22-3)16(19)11-6-5-7-13(21-2)17(11)23-4/h5-9,18H,1-4H3. The summed E-state index contributed by atoms with van der Waals surface area (Å²) in [5.41, 5.74) is 0.283. The van der Waals surface area contributed by atoms with Crippen LogP contribution in [-0.4, -0.2) is 39.3 Å². The van der Waals surface area contributed by atoms with E-state index < -0.39 is 5.78 Å². The van der Waals surface area contributed by atoms with E-state index in [9.17, 15) is 9.90 Å². The number of carbonyl (C=O) groups is 1. The van der Waals surface area contributed by atoms with E-state index >= 15 is 0 Å². The zero-order valence-corrected chi connectivity index (χ0v) is 13.4. The van der Waals surface area contributed by atoms with Crippen molar-refractivity contribution in [2.24, 2.45) is 0 Å². The number of phenols is 1. The minimum Gasteiger partial charge on any atom is -0.507 e. The molecule has 2 rings (SSSR count). The van der Waals surface area contributed by atoms with E-state index in [1.54, 1.807) is 18.2 Å². The predicted molar refractivity (Wildman–Crippen MR) is 84.2 cm³/mol.